The number of hydrogen-bond acceptors (Lipinski definition) is 3. The van der Waals surface area contributed by atoms with E-state index in [1.165, 1.54) is 36.0 Å². The molecule has 0 radical (unpaired) electrons. The highest BCUT2D eigenvalue weighted by molar-refractivity contribution is 5.36. The fraction of sp³-hybridized carbons (Fsp3) is 0.778. The Kier molecular flexibility index (Phi) is 7.37. The summed E-state index contributed by atoms with van der Waals surface area (Å²) in [4.78, 5) is 0. The van der Waals surface area contributed by atoms with Gasteiger partial charge in [-0.15, -0.1) is 0 Å². The Bertz CT molecular complexity index is 695. The van der Waals surface area contributed by atoms with Gasteiger partial charge in [0.25, 0.3) is 0 Å². The van der Waals surface area contributed by atoms with Crippen molar-refractivity contribution >= 4 is 0 Å². The third kappa shape index (κ3) is 5.11. The van der Waals surface area contributed by atoms with Gasteiger partial charge in [0.15, 0.2) is 0 Å². The van der Waals surface area contributed by atoms with Crippen LogP contribution < -0.4 is 0 Å². The van der Waals surface area contributed by atoms with Crippen molar-refractivity contribution < 1.29 is 15.3 Å². The van der Waals surface area contributed by atoms with Gasteiger partial charge in [-0.2, -0.15) is 0 Å². The zero-order valence-corrected chi connectivity index (χ0v) is 19.8. The summed E-state index contributed by atoms with van der Waals surface area (Å²) in [5.41, 5.74) is 3.55. The van der Waals surface area contributed by atoms with Gasteiger partial charge in [0, 0.05) is 0 Å². The quantitative estimate of drug-likeness (QED) is 0.498. The highest BCUT2D eigenvalue weighted by atomic mass is 16.3. The topological polar surface area (TPSA) is 60.7 Å². The number of aliphatic hydroxyl groups is 3. The molecule has 0 aromatic heterocycles. The Labute approximate surface area is 184 Å². The average Bonchev–Trinajstić information content (AvgIpc) is 3.03. The number of hydrogen-bond donors (Lipinski definition) is 3. The van der Waals surface area contributed by atoms with Gasteiger partial charge >= 0.3 is 0 Å². The van der Waals surface area contributed by atoms with Crippen LogP contribution in [-0.2, 0) is 0 Å². The maximum absolute atomic E-state index is 10.3. The van der Waals surface area contributed by atoms with E-state index in [4.69, 9.17) is 0 Å². The first-order chi connectivity index (χ1) is 14.0. The van der Waals surface area contributed by atoms with Crippen LogP contribution in [0.5, 0.6) is 0 Å². The second kappa shape index (κ2) is 9.30. The molecule has 3 aliphatic carbocycles. The summed E-state index contributed by atoms with van der Waals surface area (Å²) in [5.74, 6) is 1.84. The summed E-state index contributed by atoms with van der Waals surface area (Å²) < 4.78 is 0. The van der Waals surface area contributed by atoms with Crippen LogP contribution in [0.4, 0.5) is 0 Å². The van der Waals surface area contributed by atoms with Crippen LogP contribution in [0.25, 0.3) is 0 Å². The Morgan fingerprint density at radius 2 is 1.93 bits per heavy atom. The van der Waals surface area contributed by atoms with Crippen LogP contribution in [0.3, 0.4) is 0 Å². The van der Waals surface area contributed by atoms with Gasteiger partial charge in [-0.1, -0.05) is 37.6 Å². The molecule has 1 fully saturated rings. The average molecular weight is 417 g/mol. The van der Waals surface area contributed by atoms with E-state index < -0.39 is 11.7 Å². The lowest BCUT2D eigenvalue weighted by molar-refractivity contribution is -0.0553. The molecular formula is C27H44O3. The largest absolute Gasteiger partial charge is 0.393 e. The molecule has 0 amide bonds. The van der Waals surface area contributed by atoms with Gasteiger partial charge in [-0.25, -0.2) is 0 Å². The molecule has 170 valence electrons. The van der Waals surface area contributed by atoms with E-state index in [2.05, 4.69) is 39.0 Å². The van der Waals surface area contributed by atoms with Crippen LogP contribution in [-0.4, -0.2) is 33.1 Å². The maximum Gasteiger partial charge on any atom is 0.0849 e. The number of allylic oxidation sites excluding steroid dienone is 5. The Morgan fingerprint density at radius 3 is 2.63 bits per heavy atom. The minimum Gasteiger partial charge on any atom is -0.393 e. The van der Waals surface area contributed by atoms with Gasteiger partial charge in [0.05, 0.1) is 17.8 Å². The third-order valence-corrected chi connectivity index (χ3v) is 8.61. The lowest BCUT2D eigenvalue weighted by Crippen LogP contribution is -2.38. The van der Waals surface area contributed by atoms with Gasteiger partial charge < -0.3 is 15.3 Å². The highest BCUT2D eigenvalue weighted by Gasteiger charge is 2.49. The predicted octanol–water partition coefficient (Wildman–Crippen LogP) is 5.70. The summed E-state index contributed by atoms with van der Waals surface area (Å²) in [7, 11) is 0. The molecule has 3 aliphatic rings. The summed E-state index contributed by atoms with van der Waals surface area (Å²) in [5, 5.41) is 30.4. The van der Waals surface area contributed by atoms with Crippen molar-refractivity contribution in [2.45, 2.75) is 110 Å². The Balaban J connectivity index is 1.67. The normalized spacial score (nSPS) is 34.8. The van der Waals surface area contributed by atoms with Crippen molar-refractivity contribution in [3.63, 3.8) is 0 Å². The molecule has 0 spiro atoms. The fourth-order valence-corrected chi connectivity index (χ4v) is 6.44. The van der Waals surface area contributed by atoms with Gasteiger partial charge in [-0.3, -0.25) is 0 Å². The Hall–Kier alpha value is -0.900. The van der Waals surface area contributed by atoms with E-state index in [0.717, 1.165) is 32.1 Å². The first kappa shape index (κ1) is 23.8. The molecule has 6 atom stereocenters. The molecule has 1 saturated carbocycles. The third-order valence-electron chi connectivity index (χ3n) is 8.61. The standard InChI is InChI=1S/C27H44O3/c1-18-8-12-22(28)17-21(18)11-10-20-7-6-16-27(5)23(13-14-24(20)27)19(2)9-15-25(29)26(3,4)30/h7,10-11,19,22-25,28-30H,6,8-9,12-17H2,1-5H3/t19-,22+,23-,24+,25-,27-/m1/s1. The molecule has 0 bridgehead atoms. The molecule has 3 nitrogen and oxygen atoms in total. The van der Waals surface area contributed by atoms with Crippen molar-refractivity contribution in [3.05, 3.63) is 34.9 Å². The van der Waals surface area contributed by atoms with E-state index in [0.29, 0.717) is 29.6 Å². The fourth-order valence-electron chi connectivity index (χ4n) is 6.44. The molecule has 0 unspecified atom stereocenters. The monoisotopic (exact) mass is 416 g/mol. The van der Waals surface area contributed by atoms with Crippen LogP contribution in [0, 0.1) is 23.2 Å². The first-order valence-corrected chi connectivity index (χ1v) is 12.2. The second-order valence-electron chi connectivity index (χ2n) is 11.2. The molecule has 3 N–H and O–H groups in total. The van der Waals surface area contributed by atoms with E-state index in [-0.39, 0.29) is 6.10 Å². The number of fused-ring (bicyclic) bond motifs is 1. The molecular weight excluding hydrogens is 372 g/mol. The molecule has 3 rings (SSSR count). The minimum atomic E-state index is -1.02. The number of rotatable bonds is 7. The van der Waals surface area contributed by atoms with Crippen molar-refractivity contribution in [2.24, 2.45) is 23.2 Å². The summed E-state index contributed by atoms with van der Waals surface area (Å²) in [6, 6.07) is 0. The van der Waals surface area contributed by atoms with Gasteiger partial charge in [-0.05, 0) is 113 Å². The highest BCUT2D eigenvalue weighted by Crippen LogP contribution is 2.58. The summed E-state index contributed by atoms with van der Waals surface area (Å²) >= 11 is 0. The van der Waals surface area contributed by atoms with Crippen molar-refractivity contribution in [2.75, 3.05) is 0 Å². The van der Waals surface area contributed by atoms with E-state index in [1.54, 1.807) is 13.8 Å². The molecule has 0 aromatic carbocycles. The lowest BCUT2D eigenvalue weighted by atomic mass is 9.62. The smallest absolute Gasteiger partial charge is 0.0849 e. The lowest BCUT2D eigenvalue weighted by Gasteiger charge is -2.43. The Morgan fingerprint density at radius 1 is 1.20 bits per heavy atom. The molecule has 0 aromatic rings. The van der Waals surface area contributed by atoms with Crippen LogP contribution in [0.2, 0.25) is 0 Å². The van der Waals surface area contributed by atoms with E-state index in [9.17, 15) is 15.3 Å². The van der Waals surface area contributed by atoms with Crippen molar-refractivity contribution in [3.8, 4) is 0 Å². The molecule has 30 heavy (non-hydrogen) atoms. The van der Waals surface area contributed by atoms with E-state index >= 15 is 0 Å². The minimum absolute atomic E-state index is 0.185. The van der Waals surface area contributed by atoms with Crippen molar-refractivity contribution in [1.29, 1.82) is 0 Å². The molecule has 0 saturated heterocycles. The van der Waals surface area contributed by atoms with Crippen LogP contribution in [0.15, 0.2) is 34.9 Å². The zero-order chi connectivity index (χ0) is 22.1. The van der Waals surface area contributed by atoms with Crippen LogP contribution in [0.1, 0.15) is 92.4 Å². The van der Waals surface area contributed by atoms with Gasteiger partial charge in [0.2, 0.25) is 0 Å². The molecule has 3 heteroatoms. The SMILES string of the molecule is CC1=C(C=CC2=CCC[C@]3(C)[C@@H]([C@H](C)CC[C@@H](O)C(C)(C)O)CC[C@@H]23)C[C@@H](O)CC1. The van der Waals surface area contributed by atoms with E-state index in [1.807, 2.05) is 0 Å². The number of aliphatic hydroxyl groups excluding tert-OH is 2. The second-order valence-corrected chi connectivity index (χ2v) is 11.2. The maximum atomic E-state index is 10.3. The van der Waals surface area contributed by atoms with Crippen molar-refractivity contribution in [1.82, 2.24) is 0 Å². The zero-order valence-electron chi connectivity index (χ0n) is 19.8. The predicted molar refractivity (Wildman–Crippen MR) is 124 cm³/mol. The summed E-state index contributed by atoms with van der Waals surface area (Å²) in [6.45, 7) is 10.4. The van der Waals surface area contributed by atoms with Gasteiger partial charge in [0.1, 0.15) is 0 Å². The molecule has 0 heterocycles. The van der Waals surface area contributed by atoms with Crippen LogP contribution >= 0.6 is 0 Å². The first-order valence-electron chi connectivity index (χ1n) is 12.2. The summed E-state index contributed by atoms with van der Waals surface area (Å²) in [6.07, 6.45) is 15.5. The molecule has 0 aliphatic heterocycles.